The third-order valence-electron chi connectivity index (χ3n) is 3.59. The largest absolute Gasteiger partial charge is 0.496 e. The minimum absolute atomic E-state index is 0.0690. The van der Waals surface area contributed by atoms with Crippen LogP contribution in [0, 0.1) is 5.41 Å². The predicted molar refractivity (Wildman–Crippen MR) is 79.7 cm³/mol. The van der Waals surface area contributed by atoms with Crippen LogP contribution in [0.2, 0.25) is 0 Å². The van der Waals surface area contributed by atoms with E-state index in [4.69, 9.17) is 9.84 Å². The molecule has 0 saturated heterocycles. The summed E-state index contributed by atoms with van der Waals surface area (Å²) in [4.78, 5) is 11.7. The van der Waals surface area contributed by atoms with Crippen molar-refractivity contribution in [1.82, 2.24) is 10.6 Å². The Hall–Kier alpha value is -1.27. The fraction of sp³-hybridized carbons (Fsp3) is 0.500. The topological polar surface area (TPSA) is 70.6 Å². The second kappa shape index (κ2) is 6.45. The van der Waals surface area contributed by atoms with Gasteiger partial charge in [0.25, 0.3) is 0 Å². The Labute approximate surface area is 126 Å². The van der Waals surface area contributed by atoms with Crippen LogP contribution in [0.3, 0.4) is 0 Å². The van der Waals surface area contributed by atoms with Gasteiger partial charge in [-0.25, -0.2) is 4.79 Å². The molecule has 1 aromatic rings. The lowest BCUT2D eigenvalue weighted by Crippen LogP contribution is -2.39. The molecule has 0 aliphatic heterocycles. The molecule has 5 nitrogen and oxygen atoms in total. The molecule has 0 atom stereocenters. The van der Waals surface area contributed by atoms with Gasteiger partial charge in [0, 0.05) is 18.5 Å². The van der Waals surface area contributed by atoms with Gasteiger partial charge in [0.2, 0.25) is 0 Å². The number of nitrogens with one attached hydrogen (secondary N) is 2. The third-order valence-corrected chi connectivity index (χ3v) is 4.21. The lowest BCUT2D eigenvalue weighted by Gasteiger charge is -2.13. The van der Waals surface area contributed by atoms with E-state index in [1.54, 1.807) is 7.11 Å². The van der Waals surface area contributed by atoms with Crippen molar-refractivity contribution in [3.05, 3.63) is 28.2 Å². The highest BCUT2D eigenvalue weighted by Crippen LogP contribution is 2.44. The fourth-order valence-corrected chi connectivity index (χ4v) is 2.49. The predicted octanol–water partition coefficient (Wildman–Crippen LogP) is 2.03. The molecule has 0 unspecified atom stereocenters. The third kappa shape index (κ3) is 3.86. The normalized spacial score (nSPS) is 15.6. The number of urea groups is 1. The molecule has 1 saturated carbocycles. The van der Waals surface area contributed by atoms with Crippen LogP contribution >= 0.6 is 15.9 Å². The maximum Gasteiger partial charge on any atom is 0.315 e. The molecule has 1 fully saturated rings. The summed E-state index contributed by atoms with van der Waals surface area (Å²) in [6.07, 6.45) is 1.96. The first-order valence-electron chi connectivity index (χ1n) is 6.53. The van der Waals surface area contributed by atoms with Gasteiger partial charge in [-0.15, -0.1) is 0 Å². The van der Waals surface area contributed by atoms with Crippen molar-refractivity contribution < 1.29 is 14.6 Å². The fourth-order valence-electron chi connectivity index (χ4n) is 1.90. The van der Waals surface area contributed by atoms with Crippen molar-refractivity contribution >= 4 is 22.0 Å². The number of halogens is 1. The molecule has 0 bridgehead atoms. The average molecular weight is 343 g/mol. The number of ether oxygens (including phenoxy) is 1. The summed E-state index contributed by atoms with van der Waals surface area (Å²) >= 11 is 3.41. The van der Waals surface area contributed by atoms with Gasteiger partial charge >= 0.3 is 6.03 Å². The summed E-state index contributed by atoms with van der Waals surface area (Å²) in [6.45, 7) is 1.11. The molecule has 0 aromatic heterocycles. The Kier molecular flexibility index (Phi) is 4.88. The second-order valence-electron chi connectivity index (χ2n) is 5.16. The molecule has 1 aromatic carbocycles. The van der Waals surface area contributed by atoms with Crippen LogP contribution < -0.4 is 15.4 Å². The number of rotatable bonds is 6. The van der Waals surface area contributed by atoms with Gasteiger partial charge < -0.3 is 20.5 Å². The summed E-state index contributed by atoms with van der Waals surface area (Å²) in [7, 11) is 1.61. The Morgan fingerprint density at radius 2 is 2.20 bits per heavy atom. The zero-order chi connectivity index (χ0) is 14.6. The number of hydrogen-bond donors (Lipinski definition) is 3. The number of carbonyl (C=O) groups excluding carboxylic acids is 1. The van der Waals surface area contributed by atoms with Crippen molar-refractivity contribution in [1.29, 1.82) is 0 Å². The van der Waals surface area contributed by atoms with E-state index in [2.05, 4.69) is 26.6 Å². The minimum atomic E-state index is -0.211. The Morgan fingerprint density at radius 1 is 1.45 bits per heavy atom. The summed E-state index contributed by atoms with van der Waals surface area (Å²) in [5, 5.41) is 14.8. The van der Waals surface area contributed by atoms with E-state index >= 15 is 0 Å². The standard InChI is InChI=1S/C14H19BrN2O3/c1-20-12-3-2-10(6-11(12)15)7-16-13(19)17-8-14(9-18)4-5-14/h2-3,6,18H,4-5,7-9H2,1H3,(H2,16,17,19). The van der Waals surface area contributed by atoms with Gasteiger partial charge in [-0.05, 0) is 46.5 Å². The smallest absolute Gasteiger partial charge is 0.315 e. The molecule has 0 heterocycles. The quantitative estimate of drug-likeness (QED) is 0.740. The summed E-state index contributed by atoms with van der Waals surface area (Å²) < 4.78 is 6.01. The average Bonchev–Trinajstić information content (AvgIpc) is 3.24. The van der Waals surface area contributed by atoms with E-state index in [1.807, 2.05) is 18.2 Å². The molecule has 1 aliphatic carbocycles. The highest BCUT2D eigenvalue weighted by Gasteiger charge is 2.42. The van der Waals surface area contributed by atoms with Crippen LogP contribution in [-0.4, -0.2) is 31.4 Å². The molecule has 2 rings (SSSR count). The van der Waals surface area contributed by atoms with Crippen molar-refractivity contribution in [3.8, 4) is 5.75 Å². The monoisotopic (exact) mass is 342 g/mol. The number of hydrogen-bond acceptors (Lipinski definition) is 3. The number of aliphatic hydroxyl groups excluding tert-OH is 1. The number of amides is 2. The van der Waals surface area contributed by atoms with Gasteiger partial charge in [-0.1, -0.05) is 6.07 Å². The lowest BCUT2D eigenvalue weighted by atomic mass is 10.1. The van der Waals surface area contributed by atoms with Gasteiger partial charge in [-0.2, -0.15) is 0 Å². The summed E-state index contributed by atoms with van der Waals surface area (Å²) in [5.41, 5.74) is 0.914. The summed E-state index contributed by atoms with van der Waals surface area (Å²) in [6, 6.07) is 5.45. The van der Waals surface area contributed by atoms with E-state index in [0.29, 0.717) is 13.1 Å². The zero-order valence-corrected chi connectivity index (χ0v) is 13.0. The van der Waals surface area contributed by atoms with Gasteiger partial charge in [0.15, 0.2) is 0 Å². The first kappa shape index (κ1) is 15.1. The van der Waals surface area contributed by atoms with Crippen LogP contribution in [0.1, 0.15) is 18.4 Å². The van der Waals surface area contributed by atoms with E-state index in [1.165, 1.54) is 0 Å². The van der Waals surface area contributed by atoms with Crippen molar-refractivity contribution in [3.63, 3.8) is 0 Å². The van der Waals surface area contributed by atoms with E-state index < -0.39 is 0 Å². The number of methoxy groups -OCH3 is 1. The minimum Gasteiger partial charge on any atom is -0.496 e. The highest BCUT2D eigenvalue weighted by molar-refractivity contribution is 9.10. The first-order chi connectivity index (χ1) is 9.58. The molecular weight excluding hydrogens is 324 g/mol. The molecule has 3 N–H and O–H groups in total. The van der Waals surface area contributed by atoms with Gasteiger partial charge in [-0.3, -0.25) is 0 Å². The van der Waals surface area contributed by atoms with Crippen LogP contribution in [0.5, 0.6) is 5.75 Å². The molecule has 0 spiro atoms. The lowest BCUT2D eigenvalue weighted by molar-refractivity contribution is 0.203. The SMILES string of the molecule is COc1ccc(CNC(=O)NCC2(CO)CC2)cc1Br. The van der Waals surface area contributed by atoms with E-state index in [9.17, 15) is 4.79 Å². The number of aliphatic hydroxyl groups is 1. The summed E-state index contributed by atoms with van der Waals surface area (Å²) in [5.74, 6) is 0.761. The van der Waals surface area contributed by atoms with Crippen LogP contribution in [-0.2, 0) is 6.54 Å². The molecule has 1 aliphatic rings. The molecule has 6 heteroatoms. The van der Waals surface area contributed by atoms with Gasteiger partial charge in [0.05, 0.1) is 18.2 Å². The van der Waals surface area contributed by atoms with Gasteiger partial charge in [0.1, 0.15) is 5.75 Å². The molecule has 2 amide bonds. The second-order valence-corrected chi connectivity index (χ2v) is 6.02. The van der Waals surface area contributed by atoms with Crippen LogP contribution in [0.25, 0.3) is 0 Å². The Morgan fingerprint density at radius 3 is 2.75 bits per heavy atom. The number of carbonyl (C=O) groups is 1. The van der Waals surface area contributed by atoms with Crippen LogP contribution in [0.4, 0.5) is 4.79 Å². The van der Waals surface area contributed by atoms with Crippen molar-refractivity contribution in [2.75, 3.05) is 20.3 Å². The molecule has 0 radical (unpaired) electrons. The zero-order valence-electron chi connectivity index (χ0n) is 11.4. The molecular formula is C14H19BrN2O3. The Balaban J connectivity index is 1.77. The molecule has 110 valence electrons. The Bertz CT molecular complexity index is 489. The van der Waals surface area contributed by atoms with Crippen LogP contribution in [0.15, 0.2) is 22.7 Å². The van der Waals surface area contributed by atoms with Crippen molar-refractivity contribution in [2.24, 2.45) is 5.41 Å². The highest BCUT2D eigenvalue weighted by atomic mass is 79.9. The molecule has 20 heavy (non-hydrogen) atoms. The maximum atomic E-state index is 11.7. The van der Waals surface area contributed by atoms with E-state index in [0.717, 1.165) is 28.6 Å². The van der Waals surface area contributed by atoms with E-state index in [-0.39, 0.29) is 18.1 Å². The maximum absolute atomic E-state index is 11.7. The first-order valence-corrected chi connectivity index (χ1v) is 7.33. The van der Waals surface area contributed by atoms with Crippen molar-refractivity contribution in [2.45, 2.75) is 19.4 Å². The number of benzene rings is 1.